The monoisotopic (exact) mass is 354 g/mol. The maximum absolute atomic E-state index is 12.5. The highest BCUT2D eigenvalue weighted by Crippen LogP contribution is 2.33. The first-order valence-corrected chi connectivity index (χ1v) is 8.51. The maximum atomic E-state index is 12.5. The van der Waals surface area contributed by atoms with Crippen LogP contribution in [0.2, 0.25) is 5.02 Å². The molecule has 7 heteroatoms. The molecule has 1 atom stereocenters. The highest BCUT2D eigenvalue weighted by atomic mass is 35.5. The van der Waals surface area contributed by atoms with Crippen LogP contribution in [0.3, 0.4) is 0 Å². The zero-order chi connectivity index (χ0) is 17.2. The Labute approximate surface area is 145 Å². The lowest BCUT2D eigenvalue weighted by atomic mass is 9.99. The molecule has 1 aliphatic rings. The van der Waals surface area contributed by atoms with Gasteiger partial charge in [-0.25, -0.2) is 9.80 Å². The largest absolute Gasteiger partial charge is 0.442 e. The van der Waals surface area contributed by atoms with Gasteiger partial charge in [-0.15, -0.1) is 11.8 Å². The highest BCUT2D eigenvalue weighted by Gasteiger charge is 2.27. The standard InChI is InChI=1S/C16H19ClN2O3S/c1-16(2,3)22-15(21)19(4)18-8-10-9-23-13-6-5-11(17)7-12(13)14(10)20/h5-8,10H,9H2,1-4H3. The second kappa shape index (κ2) is 6.93. The third-order valence-electron chi connectivity index (χ3n) is 3.04. The van der Waals surface area contributed by atoms with Crippen LogP contribution >= 0.6 is 23.4 Å². The van der Waals surface area contributed by atoms with E-state index in [2.05, 4.69) is 5.10 Å². The molecule has 1 heterocycles. The summed E-state index contributed by atoms with van der Waals surface area (Å²) in [6, 6.07) is 5.29. The first-order chi connectivity index (χ1) is 10.7. The van der Waals surface area contributed by atoms with Gasteiger partial charge in [0, 0.05) is 34.5 Å². The number of halogens is 1. The fourth-order valence-electron chi connectivity index (χ4n) is 1.94. The molecule has 124 valence electrons. The summed E-state index contributed by atoms with van der Waals surface area (Å²) in [5.41, 5.74) is 0.0117. The Morgan fingerprint density at radius 3 is 2.83 bits per heavy atom. The number of amides is 1. The number of hydrazone groups is 1. The molecule has 0 aliphatic carbocycles. The normalized spacial score (nSPS) is 18.0. The van der Waals surface area contributed by atoms with Gasteiger partial charge in [-0.3, -0.25) is 4.79 Å². The summed E-state index contributed by atoms with van der Waals surface area (Å²) in [7, 11) is 1.50. The second-order valence-electron chi connectivity index (χ2n) is 6.19. The van der Waals surface area contributed by atoms with Crippen molar-refractivity contribution >= 4 is 41.5 Å². The third-order valence-corrected chi connectivity index (χ3v) is 4.47. The number of hydrogen-bond acceptors (Lipinski definition) is 5. The molecule has 1 amide bonds. The number of thioether (sulfide) groups is 1. The van der Waals surface area contributed by atoms with Gasteiger partial charge in [-0.1, -0.05) is 11.6 Å². The number of fused-ring (bicyclic) bond motifs is 1. The van der Waals surface area contributed by atoms with Gasteiger partial charge in [0.1, 0.15) is 5.60 Å². The highest BCUT2D eigenvalue weighted by molar-refractivity contribution is 7.99. The summed E-state index contributed by atoms with van der Waals surface area (Å²) in [6.07, 6.45) is 0.927. The quantitative estimate of drug-likeness (QED) is 0.592. The molecule has 0 radical (unpaired) electrons. The molecule has 5 nitrogen and oxygen atoms in total. The van der Waals surface area contributed by atoms with E-state index in [0.717, 1.165) is 9.90 Å². The zero-order valence-corrected chi connectivity index (χ0v) is 15.1. The average Bonchev–Trinajstić information content (AvgIpc) is 2.45. The topological polar surface area (TPSA) is 59.0 Å². The molecule has 0 fully saturated rings. The van der Waals surface area contributed by atoms with Gasteiger partial charge < -0.3 is 4.74 Å². The molecule has 0 bridgehead atoms. The number of carbonyl (C=O) groups excluding carboxylic acids is 2. The lowest BCUT2D eigenvalue weighted by Crippen LogP contribution is -2.32. The Bertz CT molecular complexity index is 655. The van der Waals surface area contributed by atoms with E-state index in [9.17, 15) is 9.59 Å². The van der Waals surface area contributed by atoms with Crippen molar-refractivity contribution in [2.45, 2.75) is 31.3 Å². The lowest BCUT2D eigenvalue weighted by Gasteiger charge is -2.23. The second-order valence-corrected chi connectivity index (χ2v) is 7.69. The summed E-state index contributed by atoms with van der Waals surface area (Å²) < 4.78 is 5.20. The van der Waals surface area contributed by atoms with Gasteiger partial charge in [0.05, 0.1) is 5.92 Å². The Kier molecular flexibility index (Phi) is 5.37. The minimum atomic E-state index is -0.590. The summed E-state index contributed by atoms with van der Waals surface area (Å²) in [6.45, 7) is 5.35. The summed E-state index contributed by atoms with van der Waals surface area (Å²) in [4.78, 5) is 25.2. The third kappa shape index (κ3) is 4.72. The van der Waals surface area contributed by atoms with Crippen LogP contribution in [-0.4, -0.2) is 41.5 Å². The van der Waals surface area contributed by atoms with Crippen molar-refractivity contribution in [1.29, 1.82) is 0 Å². The van der Waals surface area contributed by atoms with Crippen molar-refractivity contribution < 1.29 is 14.3 Å². The number of Topliss-reactive ketones (excluding diaryl/α,β-unsaturated/α-hetero) is 1. The molecule has 0 saturated heterocycles. The van der Waals surface area contributed by atoms with Gasteiger partial charge in [0.2, 0.25) is 0 Å². The number of ketones is 1. The number of rotatable bonds is 2. The number of ether oxygens (including phenoxy) is 1. The van der Waals surface area contributed by atoms with Crippen LogP contribution < -0.4 is 0 Å². The molecule has 1 aliphatic heterocycles. The van der Waals surface area contributed by atoms with Gasteiger partial charge in [-0.2, -0.15) is 5.10 Å². The fraction of sp³-hybridized carbons (Fsp3) is 0.438. The van der Waals surface area contributed by atoms with Crippen LogP contribution in [0.1, 0.15) is 31.1 Å². The summed E-state index contributed by atoms with van der Waals surface area (Å²) in [5, 5.41) is 5.67. The van der Waals surface area contributed by atoms with Crippen molar-refractivity contribution in [3.05, 3.63) is 28.8 Å². The van der Waals surface area contributed by atoms with Crippen molar-refractivity contribution in [3.8, 4) is 0 Å². The Morgan fingerprint density at radius 2 is 2.17 bits per heavy atom. The van der Waals surface area contributed by atoms with Gasteiger partial charge in [0.15, 0.2) is 5.78 Å². The predicted molar refractivity (Wildman–Crippen MR) is 92.5 cm³/mol. The van der Waals surface area contributed by atoms with Crippen molar-refractivity contribution in [2.75, 3.05) is 12.8 Å². The van der Waals surface area contributed by atoms with Crippen LogP contribution in [0.5, 0.6) is 0 Å². The van der Waals surface area contributed by atoms with Gasteiger partial charge in [0.25, 0.3) is 0 Å². The lowest BCUT2D eigenvalue weighted by molar-refractivity contribution is 0.0303. The molecule has 1 aromatic carbocycles. The average molecular weight is 355 g/mol. The van der Waals surface area contributed by atoms with Crippen LogP contribution in [-0.2, 0) is 4.74 Å². The maximum Gasteiger partial charge on any atom is 0.430 e. The van der Waals surface area contributed by atoms with E-state index in [1.807, 2.05) is 6.07 Å². The van der Waals surface area contributed by atoms with Crippen molar-refractivity contribution in [2.24, 2.45) is 11.0 Å². The predicted octanol–water partition coefficient (Wildman–Crippen LogP) is 4.10. The smallest absolute Gasteiger partial charge is 0.430 e. The van der Waals surface area contributed by atoms with E-state index in [1.165, 1.54) is 13.3 Å². The number of carbonyl (C=O) groups is 2. The molecule has 0 spiro atoms. The molecule has 23 heavy (non-hydrogen) atoms. The van der Waals surface area contributed by atoms with Crippen LogP contribution in [0.25, 0.3) is 0 Å². The summed E-state index contributed by atoms with van der Waals surface area (Å²) in [5.74, 6) is 0.150. The van der Waals surface area contributed by atoms with Crippen LogP contribution in [0.4, 0.5) is 4.79 Å². The number of hydrogen-bond donors (Lipinski definition) is 0. The van der Waals surface area contributed by atoms with Gasteiger partial charge in [-0.05, 0) is 39.0 Å². The van der Waals surface area contributed by atoms with E-state index >= 15 is 0 Å². The van der Waals surface area contributed by atoms with Gasteiger partial charge >= 0.3 is 6.09 Å². The molecular weight excluding hydrogens is 336 g/mol. The van der Waals surface area contributed by atoms with Crippen LogP contribution in [0.15, 0.2) is 28.2 Å². The fourth-order valence-corrected chi connectivity index (χ4v) is 3.19. The SMILES string of the molecule is CN(N=CC1CSc2ccc(Cl)cc2C1=O)C(=O)OC(C)(C)C. The number of nitrogens with zero attached hydrogens (tertiary/aromatic N) is 2. The molecule has 0 N–H and O–H groups in total. The van der Waals surface area contributed by atoms with E-state index in [-0.39, 0.29) is 5.78 Å². The van der Waals surface area contributed by atoms with Crippen molar-refractivity contribution in [1.82, 2.24) is 5.01 Å². The first-order valence-electron chi connectivity index (χ1n) is 7.15. The zero-order valence-electron chi connectivity index (χ0n) is 13.5. The van der Waals surface area contributed by atoms with E-state index in [4.69, 9.17) is 16.3 Å². The van der Waals surface area contributed by atoms with E-state index in [1.54, 1.807) is 44.7 Å². The molecule has 0 aromatic heterocycles. The van der Waals surface area contributed by atoms with Crippen molar-refractivity contribution in [3.63, 3.8) is 0 Å². The first kappa shape index (κ1) is 17.8. The molecular formula is C16H19ClN2O3S. The molecule has 1 unspecified atom stereocenters. The van der Waals surface area contributed by atoms with E-state index < -0.39 is 17.6 Å². The molecule has 1 aromatic rings. The van der Waals surface area contributed by atoms with E-state index in [0.29, 0.717) is 16.3 Å². The minimum absolute atomic E-state index is 0.0393. The van der Waals surface area contributed by atoms with Crippen LogP contribution in [0, 0.1) is 5.92 Å². The minimum Gasteiger partial charge on any atom is -0.442 e. The number of benzene rings is 1. The molecule has 0 saturated carbocycles. The Hall–Kier alpha value is -1.53. The summed E-state index contributed by atoms with van der Waals surface area (Å²) >= 11 is 7.53. The Morgan fingerprint density at radius 1 is 1.48 bits per heavy atom. The molecule has 2 rings (SSSR count). The Balaban J connectivity index is 2.06.